The van der Waals surface area contributed by atoms with Crippen molar-refractivity contribution < 1.29 is 13.2 Å². The van der Waals surface area contributed by atoms with Gasteiger partial charge in [0.15, 0.2) is 0 Å². The SMILES string of the molecule is O=C(NCC1CCN(S(=O)(=O)CCc2ccccc2)CC1)c1ccc2[nH]ccc2c1. The number of hydrogen-bond donors (Lipinski definition) is 2. The summed E-state index contributed by atoms with van der Waals surface area (Å²) < 4.78 is 26.9. The fourth-order valence-electron chi connectivity index (χ4n) is 3.95. The molecule has 158 valence electrons. The summed E-state index contributed by atoms with van der Waals surface area (Å²) in [5.74, 6) is 0.349. The van der Waals surface area contributed by atoms with Crippen molar-refractivity contribution in [2.75, 3.05) is 25.4 Å². The monoisotopic (exact) mass is 425 g/mol. The lowest BCUT2D eigenvalue weighted by Crippen LogP contribution is -2.42. The number of fused-ring (bicyclic) bond motifs is 1. The number of H-pyrrole nitrogens is 1. The van der Waals surface area contributed by atoms with E-state index in [4.69, 9.17) is 0 Å². The first-order chi connectivity index (χ1) is 14.5. The van der Waals surface area contributed by atoms with Gasteiger partial charge in [-0.25, -0.2) is 12.7 Å². The molecule has 0 aliphatic carbocycles. The molecule has 1 fully saturated rings. The van der Waals surface area contributed by atoms with Crippen LogP contribution in [0, 0.1) is 5.92 Å². The normalized spacial score (nSPS) is 16.0. The van der Waals surface area contributed by atoms with Crippen molar-refractivity contribution in [2.45, 2.75) is 19.3 Å². The van der Waals surface area contributed by atoms with Crippen molar-refractivity contribution in [1.82, 2.24) is 14.6 Å². The van der Waals surface area contributed by atoms with E-state index in [0.717, 1.165) is 29.3 Å². The Morgan fingerprint density at radius 1 is 1.07 bits per heavy atom. The average Bonchev–Trinajstić information content (AvgIpc) is 3.25. The first-order valence-electron chi connectivity index (χ1n) is 10.4. The van der Waals surface area contributed by atoms with E-state index in [0.29, 0.717) is 37.5 Å². The molecule has 0 unspecified atom stereocenters. The number of hydrogen-bond acceptors (Lipinski definition) is 3. The smallest absolute Gasteiger partial charge is 0.251 e. The van der Waals surface area contributed by atoms with E-state index in [9.17, 15) is 13.2 Å². The number of aromatic amines is 1. The van der Waals surface area contributed by atoms with E-state index in [1.54, 1.807) is 4.31 Å². The summed E-state index contributed by atoms with van der Waals surface area (Å²) in [4.78, 5) is 15.6. The molecule has 3 aromatic rings. The molecule has 0 saturated carbocycles. The largest absolute Gasteiger partial charge is 0.361 e. The molecular formula is C23H27N3O3S. The Bertz CT molecular complexity index is 1100. The van der Waals surface area contributed by atoms with Crippen LogP contribution in [0.2, 0.25) is 0 Å². The number of aryl methyl sites for hydroxylation is 1. The molecule has 0 spiro atoms. The summed E-state index contributed by atoms with van der Waals surface area (Å²) in [6.45, 7) is 1.61. The van der Waals surface area contributed by atoms with Crippen LogP contribution in [0.15, 0.2) is 60.8 Å². The summed E-state index contributed by atoms with van der Waals surface area (Å²) in [6, 6.07) is 17.2. The maximum atomic E-state index is 12.7. The molecule has 0 atom stereocenters. The van der Waals surface area contributed by atoms with Crippen LogP contribution in [-0.4, -0.2) is 49.0 Å². The zero-order valence-electron chi connectivity index (χ0n) is 16.9. The third kappa shape index (κ3) is 4.91. The van der Waals surface area contributed by atoms with Gasteiger partial charge in [0, 0.05) is 42.3 Å². The molecule has 1 aromatic heterocycles. The van der Waals surface area contributed by atoms with Crippen molar-refractivity contribution in [2.24, 2.45) is 5.92 Å². The van der Waals surface area contributed by atoms with Crippen LogP contribution < -0.4 is 5.32 Å². The molecule has 7 heteroatoms. The third-order valence-electron chi connectivity index (χ3n) is 5.83. The average molecular weight is 426 g/mol. The first-order valence-corrected chi connectivity index (χ1v) is 12.0. The zero-order valence-corrected chi connectivity index (χ0v) is 17.7. The highest BCUT2D eigenvalue weighted by Gasteiger charge is 2.28. The van der Waals surface area contributed by atoms with Gasteiger partial charge in [-0.3, -0.25) is 4.79 Å². The maximum absolute atomic E-state index is 12.7. The lowest BCUT2D eigenvalue weighted by Gasteiger charge is -2.31. The standard InChI is InChI=1S/C23H27N3O3S/c27-23(21-6-7-22-20(16-21)8-12-24-22)25-17-19-9-13-26(14-10-19)30(28,29)15-11-18-4-2-1-3-5-18/h1-8,12,16,19,24H,9-11,13-15,17H2,(H,25,27). The summed E-state index contributed by atoms with van der Waals surface area (Å²) in [5.41, 5.74) is 2.69. The van der Waals surface area contributed by atoms with Gasteiger partial charge in [-0.2, -0.15) is 0 Å². The third-order valence-corrected chi connectivity index (χ3v) is 7.70. The van der Waals surface area contributed by atoms with Crippen LogP contribution in [0.1, 0.15) is 28.8 Å². The van der Waals surface area contributed by atoms with Crippen LogP contribution in [0.3, 0.4) is 0 Å². The number of benzene rings is 2. The van der Waals surface area contributed by atoms with Crippen LogP contribution >= 0.6 is 0 Å². The van der Waals surface area contributed by atoms with Crippen molar-refractivity contribution >= 4 is 26.8 Å². The van der Waals surface area contributed by atoms with E-state index in [1.807, 2.05) is 60.8 Å². The van der Waals surface area contributed by atoms with E-state index in [2.05, 4.69) is 10.3 Å². The lowest BCUT2D eigenvalue weighted by molar-refractivity contribution is 0.0941. The topological polar surface area (TPSA) is 82.3 Å². The maximum Gasteiger partial charge on any atom is 0.251 e. The molecule has 1 aliphatic heterocycles. The second kappa shape index (κ2) is 9.02. The number of carbonyl (C=O) groups is 1. The number of piperidine rings is 1. The molecule has 2 aromatic carbocycles. The predicted molar refractivity (Wildman–Crippen MR) is 119 cm³/mol. The Kier molecular flexibility index (Phi) is 6.20. The van der Waals surface area contributed by atoms with Crippen molar-refractivity contribution in [3.63, 3.8) is 0 Å². The Labute approximate surface area is 177 Å². The summed E-state index contributed by atoms with van der Waals surface area (Å²) in [5, 5.41) is 4.02. The second-order valence-electron chi connectivity index (χ2n) is 7.88. The van der Waals surface area contributed by atoms with Gasteiger partial charge in [-0.15, -0.1) is 0 Å². The predicted octanol–water partition coefficient (Wildman–Crippen LogP) is 3.18. The molecule has 4 rings (SSSR count). The van der Waals surface area contributed by atoms with E-state index < -0.39 is 10.0 Å². The van der Waals surface area contributed by atoms with Gasteiger partial charge >= 0.3 is 0 Å². The van der Waals surface area contributed by atoms with Crippen LogP contribution in [0.25, 0.3) is 10.9 Å². The number of carbonyl (C=O) groups excluding carboxylic acids is 1. The molecule has 30 heavy (non-hydrogen) atoms. The summed E-state index contributed by atoms with van der Waals surface area (Å²) in [6.07, 6.45) is 3.92. The Balaban J connectivity index is 1.24. The Morgan fingerprint density at radius 2 is 1.83 bits per heavy atom. The van der Waals surface area contributed by atoms with Gasteiger partial charge in [0.1, 0.15) is 0 Å². The molecule has 0 radical (unpaired) electrons. The molecular weight excluding hydrogens is 398 g/mol. The highest BCUT2D eigenvalue weighted by Crippen LogP contribution is 2.20. The Morgan fingerprint density at radius 3 is 2.60 bits per heavy atom. The highest BCUT2D eigenvalue weighted by atomic mass is 32.2. The molecule has 2 heterocycles. The molecule has 1 amide bonds. The number of amides is 1. The fourth-order valence-corrected chi connectivity index (χ4v) is 5.46. The number of nitrogens with zero attached hydrogens (tertiary/aromatic N) is 1. The molecule has 2 N–H and O–H groups in total. The lowest BCUT2D eigenvalue weighted by atomic mass is 9.98. The number of aromatic nitrogens is 1. The summed E-state index contributed by atoms with van der Waals surface area (Å²) in [7, 11) is -3.25. The van der Waals surface area contributed by atoms with E-state index in [1.165, 1.54) is 0 Å². The fraction of sp³-hybridized carbons (Fsp3) is 0.348. The second-order valence-corrected chi connectivity index (χ2v) is 9.97. The van der Waals surface area contributed by atoms with Crippen LogP contribution in [0.5, 0.6) is 0 Å². The molecule has 6 nitrogen and oxygen atoms in total. The van der Waals surface area contributed by atoms with Crippen molar-refractivity contribution in [3.8, 4) is 0 Å². The van der Waals surface area contributed by atoms with Gasteiger partial charge in [0.05, 0.1) is 5.75 Å². The van der Waals surface area contributed by atoms with Gasteiger partial charge in [-0.1, -0.05) is 30.3 Å². The first kappa shape index (κ1) is 20.6. The van der Waals surface area contributed by atoms with Gasteiger partial charge < -0.3 is 10.3 Å². The van der Waals surface area contributed by atoms with Crippen molar-refractivity contribution in [3.05, 3.63) is 71.9 Å². The molecule has 1 saturated heterocycles. The zero-order chi connectivity index (χ0) is 21.0. The van der Waals surface area contributed by atoms with Crippen LogP contribution in [-0.2, 0) is 16.4 Å². The minimum Gasteiger partial charge on any atom is -0.361 e. The number of rotatable bonds is 7. The van der Waals surface area contributed by atoms with Crippen molar-refractivity contribution in [1.29, 1.82) is 0 Å². The van der Waals surface area contributed by atoms with Gasteiger partial charge in [0.25, 0.3) is 5.91 Å². The number of nitrogens with one attached hydrogen (secondary N) is 2. The Hall–Kier alpha value is -2.64. The van der Waals surface area contributed by atoms with Crippen LogP contribution in [0.4, 0.5) is 0 Å². The van der Waals surface area contributed by atoms with E-state index in [-0.39, 0.29) is 11.7 Å². The summed E-state index contributed by atoms with van der Waals surface area (Å²) >= 11 is 0. The number of sulfonamides is 1. The van der Waals surface area contributed by atoms with E-state index >= 15 is 0 Å². The quantitative estimate of drug-likeness (QED) is 0.610. The minimum absolute atomic E-state index is 0.0870. The van der Waals surface area contributed by atoms with Gasteiger partial charge in [-0.05, 0) is 55.0 Å². The van der Waals surface area contributed by atoms with Gasteiger partial charge in [0.2, 0.25) is 10.0 Å². The molecule has 1 aliphatic rings. The minimum atomic E-state index is -3.25. The molecule has 0 bridgehead atoms. The highest BCUT2D eigenvalue weighted by molar-refractivity contribution is 7.89.